The van der Waals surface area contributed by atoms with E-state index in [2.05, 4.69) is 34.8 Å². The molecule has 0 radical (unpaired) electrons. The minimum absolute atomic E-state index is 0.151. The Labute approximate surface area is 168 Å². The number of carbonyl (C=O) groups excluding carboxylic acids is 1. The average molecular weight is 403 g/mol. The quantitative estimate of drug-likeness (QED) is 0.597. The van der Waals surface area contributed by atoms with Gasteiger partial charge in [-0.3, -0.25) is 0 Å². The fraction of sp³-hybridized carbons (Fsp3) is 0.300. The summed E-state index contributed by atoms with van der Waals surface area (Å²) in [6, 6.07) is 11.5. The van der Waals surface area contributed by atoms with E-state index in [0.717, 1.165) is 32.8 Å². The second-order valence-electron chi connectivity index (χ2n) is 6.76. The smallest absolute Gasteiger partial charge is 0.321 e. The van der Waals surface area contributed by atoms with Gasteiger partial charge >= 0.3 is 6.03 Å². The number of aromatic nitrogens is 2. The minimum Gasteiger partial charge on any atom is -0.330 e. The fourth-order valence-electron chi connectivity index (χ4n) is 2.86. The molecule has 0 saturated heterocycles. The van der Waals surface area contributed by atoms with E-state index in [9.17, 15) is 4.79 Å². The van der Waals surface area contributed by atoms with E-state index in [0.29, 0.717) is 12.5 Å². The summed E-state index contributed by atoms with van der Waals surface area (Å²) in [5, 5.41) is 2.96. The standard InChI is InChI=1S/C20H23ClN4OS/c1-14(2)19-22-9-10-25(19)12-15-5-4-6-16(11-15)23-20(26)24(3)13-17-7-8-18(21)27-17/h4-11,14H,12-13H2,1-3H3,(H,23,26). The topological polar surface area (TPSA) is 50.2 Å². The van der Waals surface area contributed by atoms with Gasteiger partial charge in [-0.05, 0) is 29.8 Å². The maximum Gasteiger partial charge on any atom is 0.321 e. The Kier molecular flexibility index (Phi) is 6.19. The molecule has 0 spiro atoms. The van der Waals surface area contributed by atoms with E-state index in [1.807, 2.05) is 42.7 Å². The van der Waals surface area contributed by atoms with Crippen molar-refractivity contribution in [3.63, 3.8) is 0 Å². The first-order valence-electron chi connectivity index (χ1n) is 8.78. The molecule has 1 aromatic carbocycles. The first-order chi connectivity index (χ1) is 12.9. The molecule has 2 aromatic heterocycles. The molecule has 0 bridgehead atoms. The van der Waals surface area contributed by atoms with E-state index in [-0.39, 0.29) is 6.03 Å². The summed E-state index contributed by atoms with van der Waals surface area (Å²) in [6.45, 7) is 5.51. The molecular formula is C20H23ClN4OS. The predicted molar refractivity (Wildman–Crippen MR) is 112 cm³/mol. The van der Waals surface area contributed by atoms with Gasteiger partial charge in [0.25, 0.3) is 0 Å². The Morgan fingerprint density at radius 2 is 2.15 bits per heavy atom. The third-order valence-electron chi connectivity index (χ3n) is 4.16. The number of benzene rings is 1. The van der Waals surface area contributed by atoms with Crippen LogP contribution in [0.2, 0.25) is 4.34 Å². The summed E-state index contributed by atoms with van der Waals surface area (Å²) in [4.78, 5) is 19.6. The van der Waals surface area contributed by atoms with Crippen molar-refractivity contribution < 1.29 is 4.79 Å². The van der Waals surface area contributed by atoms with Crippen LogP contribution in [0.25, 0.3) is 0 Å². The number of thiophene rings is 1. The summed E-state index contributed by atoms with van der Waals surface area (Å²) >= 11 is 7.44. The number of nitrogens with one attached hydrogen (secondary N) is 1. The predicted octanol–water partition coefficient (Wildman–Crippen LogP) is 5.43. The zero-order chi connectivity index (χ0) is 19.4. The number of rotatable bonds is 6. The number of hydrogen-bond acceptors (Lipinski definition) is 3. The number of nitrogens with zero attached hydrogens (tertiary/aromatic N) is 3. The molecule has 7 heteroatoms. The molecule has 142 valence electrons. The zero-order valence-corrected chi connectivity index (χ0v) is 17.2. The van der Waals surface area contributed by atoms with Gasteiger partial charge in [-0.15, -0.1) is 11.3 Å². The third-order valence-corrected chi connectivity index (χ3v) is 5.38. The van der Waals surface area contributed by atoms with Crippen molar-refractivity contribution in [2.75, 3.05) is 12.4 Å². The fourth-order valence-corrected chi connectivity index (χ4v) is 4.00. The van der Waals surface area contributed by atoms with Gasteiger partial charge in [-0.1, -0.05) is 37.6 Å². The Balaban J connectivity index is 1.64. The minimum atomic E-state index is -0.151. The van der Waals surface area contributed by atoms with Crippen LogP contribution in [0.5, 0.6) is 0 Å². The van der Waals surface area contributed by atoms with Gasteiger partial charge in [0.05, 0.1) is 10.9 Å². The zero-order valence-electron chi connectivity index (χ0n) is 15.6. The monoisotopic (exact) mass is 402 g/mol. The third kappa shape index (κ3) is 5.11. The molecular weight excluding hydrogens is 380 g/mol. The highest BCUT2D eigenvalue weighted by Gasteiger charge is 2.12. The molecule has 1 N–H and O–H groups in total. The maximum absolute atomic E-state index is 12.5. The Hall–Kier alpha value is -2.31. The van der Waals surface area contributed by atoms with Crippen molar-refractivity contribution in [2.45, 2.75) is 32.9 Å². The van der Waals surface area contributed by atoms with E-state index in [1.165, 1.54) is 11.3 Å². The van der Waals surface area contributed by atoms with Crippen LogP contribution in [-0.2, 0) is 13.1 Å². The molecule has 0 saturated carbocycles. The Bertz CT molecular complexity index is 918. The normalized spacial score (nSPS) is 11.0. The van der Waals surface area contributed by atoms with Crippen LogP contribution in [0.4, 0.5) is 10.5 Å². The summed E-state index contributed by atoms with van der Waals surface area (Å²) < 4.78 is 2.87. The molecule has 0 aliphatic heterocycles. The van der Waals surface area contributed by atoms with E-state index in [1.54, 1.807) is 11.9 Å². The molecule has 27 heavy (non-hydrogen) atoms. The lowest BCUT2D eigenvalue weighted by atomic mass is 10.1. The summed E-state index contributed by atoms with van der Waals surface area (Å²) in [6.07, 6.45) is 3.81. The lowest BCUT2D eigenvalue weighted by Crippen LogP contribution is -2.30. The summed E-state index contributed by atoms with van der Waals surface area (Å²) in [5.74, 6) is 1.42. The molecule has 0 fully saturated rings. The molecule has 0 unspecified atom stereocenters. The Morgan fingerprint density at radius 3 is 2.85 bits per heavy atom. The van der Waals surface area contributed by atoms with Gasteiger partial charge in [0, 0.05) is 42.5 Å². The van der Waals surface area contributed by atoms with Crippen LogP contribution >= 0.6 is 22.9 Å². The summed E-state index contributed by atoms with van der Waals surface area (Å²) in [5.41, 5.74) is 1.89. The van der Waals surface area contributed by atoms with Gasteiger partial charge in [0.1, 0.15) is 5.82 Å². The van der Waals surface area contributed by atoms with Gasteiger partial charge in [0.2, 0.25) is 0 Å². The first-order valence-corrected chi connectivity index (χ1v) is 9.98. The van der Waals surface area contributed by atoms with Crippen LogP contribution < -0.4 is 5.32 Å². The number of halogens is 1. The van der Waals surface area contributed by atoms with Gasteiger partial charge < -0.3 is 14.8 Å². The number of carbonyl (C=O) groups is 1. The molecule has 2 heterocycles. The van der Waals surface area contributed by atoms with Crippen molar-refractivity contribution in [1.29, 1.82) is 0 Å². The van der Waals surface area contributed by atoms with Crippen molar-refractivity contribution in [2.24, 2.45) is 0 Å². The molecule has 0 aliphatic rings. The molecule has 0 aliphatic carbocycles. The van der Waals surface area contributed by atoms with Crippen LogP contribution in [0.15, 0.2) is 48.8 Å². The molecule has 2 amide bonds. The second-order valence-corrected chi connectivity index (χ2v) is 8.56. The van der Waals surface area contributed by atoms with Gasteiger partial charge in [-0.2, -0.15) is 0 Å². The maximum atomic E-state index is 12.5. The number of urea groups is 1. The van der Waals surface area contributed by atoms with Crippen LogP contribution in [0.3, 0.4) is 0 Å². The highest BCUT2D eigenvalue weighted by atomic mass is 35.5. The lowest BCUT2D eigenvalue weighted by Gasteiger charge is -2.17. The van der Waals surface area contributed by atoms with E-state index >= 15 is 0 Å². The van der Waals surface area contributed by atoms with Crippen LogP contribution in [0, 0.1) is 0 Å². The van der Waals surface area contributed by atoms with Crippen LogP contribution in [-0.4, -0.2) is 27.5 Å². The van der Waals surface area contributed by atoms with Gasteiger partial charge in [0.15, 0.2) is 0 Å². The Morgan fingerprint density at radius 1 is 1.33 bits per heavy atom. The SMILES string of the molecule is CC(C)c1nccn1Cc1cccc(NC(=O)N(C)Cc2ccc(Cl)s2)c1. The largest absolute Gasteiger partial charge is 0.330 e. The molecule has 0 atom stereocenters. The summed E-state index contributed by atoms with van der Waals surface area (Å²) in [7, 11) is 1.77. The van der Waals surface area contributed by atoms with Crippen molar-refractivity contribution >= 4 is 34.7 Å². The van der Waals surface area contributed by atoms with Crippen LogP contribution in [0.1, 0.15) is 36.0 Å². The first kappa shape index (κ1) is 19.5. The highest BCUT2D eigenvalue weighted by Crippen LogP contribution is 2.23. The average Bonchev–Trinajstić information content (AvgIpc) is 3.24. The number of imidazole rings is 1. The van der Waals surface area contributed by atoms with E-state index in [4.69, 9.17) is 11.6 Å². The number of amides is 2. The second kappa shape index (κ2) is 8.59. The van der Waals surface area contributed by atoms with Crippen molar-refractivity contribution in [3.05, 3.63) is 69.4 Å². The number of anilines is 1. The van der Waals surface area contributed by atoms with Crippen molar-refractivity contribution in [3.8, 4) is 0 Å². The van der Waals surface area contributed by atoms with E-state index < -0.39 is 0 Å². The lowest BCUT2D eigenvalue weighted by molar-refractivity contribution is 0.221. The van der Waals surface area contributed by atoms with Crippen molar-refractivity contribution in [1.82, 2.24) is 14.5 Å². The highest BCUT2D eigenvalue weighted by molar-refractivity contribution is 7.16. The molecule has 5 nitrogen and oxygen atoms in total. The van der Waals surface area contributed by atoms with Gasteiger partial charge in [-0.25, -0.2) is 9.78 Å². The number of hydrogen-bond donors (Lipinski definition) is 1. The molecule has 3 aromatic rings. The molecule has 3 rings (SSSR count).